The van der Waals surface area contributed by atoms with Gasteiger partial charge in [0.1, 0.15) is 6.04 Å². The Hall–Kier alpha value is -3.90. The fourth-order valence-electron chi connectivity index (χ4n) is 5.45. The van der Waals surface area contributed by atoms with E-state index in [2.05, 4.69) is 11.1 Å². The van der Waals surface area contributed by atoms with Crippen molar-refractivity contribution in [3.63, 3.8) is 0 Å². The molecular formula is C28H25N3O3. The first-order chi connectivity index (χ1) is 16.6. The van der Waals surface area contributed by atoms with Crippen LogP contribution in [0.3, 0.4) is 0 Å². The van der Waals surface area contributed by atoms with Gasteiger partial charge >= 0.3 is 0 Å². The lowest BCUT2D eigenvalue weighted by Gasteiger charge is -2.47. The number of fused-ring (bicyclic) bond motifs is 4. The van der Waals surface area contributed by atoms with Crippen molar-refractivity contribution in [2.45, 2.75) is 24.6 Å². The average molecular weight is 452 g/mol. The molecular weight excluding hydrogens is 426 g/mol. The first-order valence-electron chi connectivity index (χ1n) is 11.6. The highest BCUT2D eigenvalue weighted by atomic mass is 16.3. The predicted molar refractivity (Wildman–Crippen MR) is 129 cm³/mol. The number of hydrogen-bond donors (Lipinski definition) is 2. The summed E-state index contributed by atoms with van der Waals surface area (Å²) in [5.41, 5.74) is 4.76. The predicted octanol–water partition coefficient (Wildman–Crippen LogP) is 3.59. The largest absolute Gasteiger partial charge is 0.387 e. The molecule has 2 N–H and O–H groups in total. The summed E-state index contributed by atoms with van der Waals surface area (Å²) in [4.78, 5) is 34.1. The maximum absolute atomic E-state index is 13.7. The van der Waals surface area contributed by atoms with Gasteiger partial charge < -0.3 is 19.9 Å². The lowest BCUT2D eigenvalue weighted by atomic mass is 9.86. The van der Waals surface area contributed by atoms with Crippen LogP contribution in [-0.4, -0.2) is 50.8 Å². The fraction of sp³-hybridized carbons (Fsp3) is 0.214. The lowest BCUT2D eigenvalue weighted by molar-refractivity contribution is -0.159. The zero-order valence-electron chi connectivity index (χ0n) is 18.6. The van der Waals surface area contributed by atoms with E-state index < -0.39 is 12.1 Å². The zero-order chi connectivity index (χ0) is 23.2. The van der Waals surface area contributed by atoms with Gasteiger partial charge in [0.05, 0.1) is 25.2 Å². The molecule has 170 valence electrons. The van der Waals surface area contributed by atoms with Crippen molar-refractivity contribution >= 4 is 22.7 Å². The Kier molecular flexibility index (Phi) is 4.96. The van der Waals surface area contributed by atoms with Crippen molar-refractivity contribution in [2.24, 2.45) is 0 Å². The average Bonchev–Trinajstić information content (AvgIpc) is 3.25. The molecule has 4 aromatic rings. The van der Waals surface area contributed by atoms with Crippen molar-refractivity contribution < 1.29 is 14.7 Å². The SMILES string of the molecule is O=C1C2Cc3c([nH]c4ccccc34)C(c3ccccc3)N2C(=O)CN1CC(O)c1ccccc1. The molecule has 6 rings (SSSR count). The van der Waals surface area contributed by atoms with Crippen molar-refractivity contribution in [2.75, 3.05) is 13.1 Å². The number of aliphatic hydroxyl groups excluding tert-OH is 1. The Labute approximate surface area is 197 Å². The van der Waals surface area contributed by atoms with Crippen LogP contribution in [0.15, 0.2) is 84.9 Å². The molecule has 0 spiro atoms. The number of hydrogen-bond acceptors (Lipinski definition) is 3. The molecule has 1 saturated heterocycles. The van der Waals surface area contributed by atoms with Gasteiger partial charge in [-0.15, -0.1) is 0 Å². The molecule has 3 atom stereocenters. The molecule has 3 unspecified atom stereocenters. The number of nitrogens with zero attached hydrogens (tertiary/aromatic N) is 2. The van der Waals surface area contributed by atoms with Gasteiger partial charge in [-0.2, -0.15) is 0 Å². The highest BCUT2D eigenvalue weighted by Gasteiger charge is 2.48. The van der Waals surface area contributed by atoms with E-state index in [0.717, 1.165) is 33.3 Å². The van der Waals surface area contributed by atoms with Crippen molar-refractivity contribution in [1.82, 2.24) is 14.8 Å². The van der Waals surface area contributed by atoms with Gasteiger partial charge in [0, 0.05) is 23.0 Å². The number of benzene rings is 3. The minimum Gasteiger partial charge on any atom is -0.387 e. The quantitative estimate of drug-likeness (QED) is 0.498. The molecule has 6 nitrogen and oxygen atoms in total. The van der Waals surface area contributed by atoms with Crippen LogP contribution in [0.2, 0.25) is 0 Å². The number of β-amino-alcohol motifs (C(OH)–C–C–N with tert-alkyl or cyclic N) is 1. The molecule has 3 heterocycles. The van der Waals surface area contributed by atoms with Gasteiger partial charge in [0.25, 0.3) is 0 Å². The van der Waals surface area contributed by atoms with Gasteiger partial charge in [0.2, 0.25) is 11.8 Å². The van der Waals surface area contributed by atoms with Gasteiger partial charge in [-0.25, -0.2) is 0 Å². The number of H-pyrrole nitrogens is 1. The van der Waals surface area contributed by atoms with Crippen LogP contribution >= 0.6 is 0 Å². The zero-order valence-corrected chi connectivity index (χ0v) is 18.6. The first kappa shape index (κ1) is 20.7. The third-order valence-corrected chi connectivity index (χ3v) is 7.04. The van der Waals surface area contributed by atoms with Gasteiger partial charge in [-0.1, -0.05) is 78.9 Å². The van der Waals surface area contributed by atoms with E-state index in [1.807, 2.05) is 78.9 Å². The number of aliphatic hydroxyl groups is 1. The Bertz CT molecular complexity index is 1370. The van der Waals surface area contributed by atoms with Gasteiger partial charge in [-0.3, -0.25) is 9.59 Å². The first-order valence-corrected chi connectivity index (χ1v) is 11.6. The normalized spacial score (nSPS) is 20.9. The monoisotopic (exact) mass is 451 g/mol. The molecule has 0 radical (unpaired) electrons. The third-order valence-electron chi connectivity index (χ3n) is 7.04. The molecule has 3 aromatic carbocycles. The molecule has 2 aliphatic rings. The smallest absolute Gasteiger partial charge is 0.246 e. The summed E-state index contributed by atoms with van der Waals surface area (Å²) < 4.78 is 0. The summed E-state index contributed by atoms with van der Waals surface area (Å²) >= 11 is 0. The number of aromatic amines is 1. The van der Waals surface area contributed by atoms with E-state index in [1.165, 1.54) is 4.90 Å². The Balaban J connectivity index is 1.41. The number of piperazine rings is 1. The van der Waals surface area contributed by atoms with Crippen LogP contribution in [0.25, 0.3) is 10.9 Å². The molecule has 34 heavy (non-hydrogen) atoms. The van der Waals surface area contributed by atoms with Crippen LogP contribution in [0, 0.1) is 0 Å². The lowest BCUT2D eigenvalue weighted by Crippen LogP contribution is -2.63. The van der Waals surface area contributed by atoms with E-state index >= 15 is 0 Å². The number of aromatic nitrogens is 1. The third kappa shape index (κ3) is 3.30. The Morgan fingerprint density at radius 2 is 1.59 bits per heavy atom. The van der Waals surface area contributed by atoms with Gasteiger partial charge in [-0.05, 0) is 22.8 Å². The number of para-hydroxylation sites is 1. The molecule has 6 heteroatoms. The molecule has 0 bridgehead atoms. The Morgan fingerprint density at radius 3 is 2.35 bits per heavy atom. The second-order valence-corrected chi connectivity index (χ2v) is 9.04. The van der Waals surface area contributed by atoms with Crippen LogP contribution in [0.4, 0.5) is 0 Å². The molecule has 0 saturated carbocycles. The second kappa shape index (κ2) is 8.15. The standard InChI is InChI=1S/C28H25N3O3/c32-24(18-9-3-1-4-10-18)16-30-17-25(33)31-23(28(30)34)15-21-20-13-7-8-14-22(20)29-26(21)27(31)19-11-5-2-6-12-19/h1-14,23-24,27,29,32H,15-17H2. The van der Waals surface area contributed by atoms with Crippen molar-refractivity contribution in [3.05, 3.63) is 107 Å². The van der Waals surface area contributed by atoms with Crippen LogP contribution in [0.1, 0.15) is 34.5 Å². The highest BCUT2D eigenvalue weighted by Crippen LogP contribution is 2.42. The molecule has 2 amide bonds. The number of nitrogens with one attached hydrogen (secondary N) is 1. The van der Waals surface area contributed by atoms with Crippen LogP contribution in [-0.2, 0) is 16.0 Å². The maximum atomic E-state index is 13.7. The number of carbonyl (C=O) groups excluding carboxylic acids is 2. The fourth-order valence-corrected chi connectivity index (χ4v) is 5.45. The van der Waals surface area contributed by atoms with E-state index in [9.17, 15) is 14.7 Å². The molecule has 2 aliphatic heterocycles. The summed E-state index contributed by atoms with van der Waals surface area (Å²) in [6.45, 7) is 0.0494. The second-order valence-electron chi connectivity index (χ2n) is 9.04. The van der Waals surface area contributed by atoms with Gasteiger partial charge in [0.15, 0.2) is 0 Å². The molecule has 0 aliphatic carbocycles. The minimum absolute atomic E-state index is 0.0435. The van der Waals surface area contributed by atoms with Crippen LogP contribution < -0.4 is 0 Å². The molecule has 1 aromatic heterocycles. The highest BCUT2D eigenvalue weighted by molar-refractivity contribution is 5.97. The van der Waals surface area contributed by atoms with E-state index in [-0.39, 0.29) is 30.9 Å². The summed E-state index contributed by atoms with van der Waals surface area (Å²) in [5, 5.41) is 11.8. The number of carbonyl (C=O) groups is 2. The van der Waals surface area contributed by atoms with E-state index in [0.29, 0.717) is 6.42 Å². The summed E-state index contributed by atoms with van der Waals surface area (Å²) in [7, 11) is 0. The number of rotatable bonds is 4. The Morgan fingerprint density at radius 1 is 0.912 bits per heavy atom. The molecule has 1 fully saturated rings. The van der Waals surface area contributed by atoms with E-state index in [1.54, 1.807) is 4.90 Å². The summed E-state index contributed by atoms with van der Waals surface area (Å²) in [6.07, 6.45) is -0.396. The number of amides is 2. The van der Waals surface area contributed by atoms with E-state index in [4.69, 9.17) is 0 Å². The topological polar surface area (TPSA) is 76.6 Å². The summed E-state index contributed by atoms with van der Waals surface area (Å²) in [5.74, 6) is -0.227. The maximum Gasteiger partial charge on any atom is 0.246 e. The van der Waals surface area contributed by atoms with Crippen molar-refractivity contribution in [3.8, 4) is 0 Å². The minimum atomic E-state index is -0.846. The van der Waals surface area contributed by atoms with Crippen LogP contribution in [0.5, 0.6) is 0 Å². The summed E-state index contributed by atoms with van der Waals surface area (Å²) in [6, 6.07) is 26.2. The van der Waals surface area contributed by atoms with Crippen molar-refractivity contribution in [1.29, 1.82) is 0 Å².